The molecule has 0 saturated heterocycles. The smallest absolute Gasteiger partial charge is 0.168 e. The molecule has 1 heterocycles. The second-order valence-electron chi connectivity index (χ2n) is 4.32. The van der Waals surface area contributed by atoms with Gasteiger partial charge in [0.1, 0.15) is 12.1 Å². The summed E-state index contributed by atoms with van der Waals surface area (Å²) in [4.78, 5) is 0. The number of aromatic nitrogens is 3. The summed E-state index contributed by atoms with van der Waals surface area (Å²) in [6.07, 6.45) is 1.72. The molecule has 3 aromatic rings. The summed E-state index contributed by atoms with van der Waals surface area (Å²) in [5.74, 6) is 1.69. The van der Waals surface area contributed by atoms with E-state index in [1.807, 2.05) is 66.1 Å². The van der Waals surface area contributed by atoms with Crippen molar-refractivity contribution in [3.8, 4) is 22.8 Å². The van der Waals surface area contributed by atoms with Gasteiger partial charge in [0, 0.05) is 11.3 Å². The van der Waals surface area contributed by atoms with E-state index in [-0.39, 0.29) is 0 Å². The Hall–Kier alpha value is -2.62. The van der Waals surface area contributed by atoms with Crippen molar-refractivity contribution in [1.82, 2.24) is 14.8 Å². The molecule has 0 aliphatic rings. The van der Waals surface area contributed by atoms with Crippen LogP contribution in [0, 0.1) is 0 Å². The van der Waals surface area contributed by atoms with Gasteiger partial charge in [-0.1, -0.05) is 30.3 Å². The van der Waals surface area contributed by atoms with Crippen molar-refractivity contribution in [2.75, 3.05) is 6.61 Å². The highest BCUT2D eigenvalue weighted by molar-refractivity contribution is 5.58. The van der Waals surface area contributed by atoms with Gasteiger partial charge in [-0.2, -0.15) is 0 Å². The van der Waals surface area contributed by atoms with E-state index in [0.29, 0.717) is 6.61 Å². The Morgan fingerprint density at radius 3 is 2.45 bits per heavy atom. The van der Waals surface area contributed by atoms with Crippen molar-refractivity contribution >= 4 is 0 Å². The molecule has 4 nitrogen and oxygen atoms in total. The Morgan fingerprint density at radius 1 is 1.00 bits per heavy atom. The Balaban J connectivity index is 1.97. The first kappa shape index (κ1) is 12.4. The highest BCUT2D eigenvalue weighted by Crippen LogP contribution is 2.21. The third kappa shape index (κ3) is 2.40. The molecule has 0 bridgehead atoms. The number of hydrogen-bond donors (Lipinski definition) is 0. The quantitative estimate of drug-likeness (QED) is 0.726. The molecule has 0 saturated carbocycles. The van der Waals surface area contributed by atoms with Crippen molar-refractivity contribution < 1.29 is 4.74 Å². The van der Waals surface area contributed by atoms with Crippen molar-refractivity contribution in [2.24, 2.45) is 0 Å². The predicted molar refractivity (Wildman–Crippen MR) is 78.0 cm³/mol. The molecular weight excluding hydrogens is 250 g/mol. The minimum Gasteiger partial charge on any atom is -0.494 e. The van der Waals surface area contributed by atoms with Crippen molar-refractivity contribution in [2.45, 2.75) is 6.92 Å². The van der Waals surface area contributed by atoms with Crippen LogP contribution in [0.2, 0.25) is 0 Å². The van der Waals surface area contributed by atoms with Crippen molar-refractivity contribution in [3.63, 3.8) is 0 Å². The Kier molecular flexibility index (Phi) is 3.46. The first-order valence-corrected chi connectivity index (χ1v) is 6.57. The van der Waals surface area contributed by atoms with Crippen LogP contribution < -0.4 is 4.74 Å². The zero-order chi connectivity index (χ0) is 13.8. The molecule has 1 aromatic heterocycles. The van der Waals surface area contributed by atoms with Gasteiger partial charge in [-0.25, -0.2) is 0 Å². The second-order valence-corrected chi connectivity index (χ2v) is 4.32. The van der Waals surface area contributed by atoms with Crippen LogP contribution in [-0.4, -0.2) is 21.4 Å². The summed E-state index contributed by atoms with van der Waals surface area (Å²) < 4.78 is 7.42. The van der Waals surface area contributed by atoms with Gasteiger partial charge in [0.2, 0.25) is 0 Å². The summed E-state index contributed by atoms with van der Waals surface area (Å²) in [5.41, 5.74) is 2.05. The van der Waals surface area contributed by atoms with Gasteiger partial charge in [0.15, 0.2) is 5.82 Å². The molecule has 4 heteroatoms. The van der Waals surface area contributed by atoms with Crippen LogP contribution in [-0.2, 0) is 0 Å². The molecule has 0 aliphatic heterocycles. The molecule has 0 fully saturated rings. The summed E-state index contributed by atoms with van der Waals surface area (Å²) in [5, 5.41) is 8.22. The average Bonchev–Trinajstić information content (AvgIpc) is 2.99. The van der Waals surface area contributed by atoms with E-state index in [0.717, 1.165) is 22.8 Å². The van der Waals surface area contributed by atoms with Gasteiger partial charge < -0.3 is 4.74 Å². The molecule has 0 amide bonds. The van der Waals surface area contributed by atoms with Crippen LogP contribution in [0.15, 0.2) is 60.9 Å². The lowest BCUT2D eigenvalue weighted by Gasteiger charge is -2.08. The number of ether oxygens (including phenoxy) is 1. The minimum atomic E-state index is 0.668. The molecule has 0 aliphatic carbocycles. The zero-order valence-electron chi connectivity index (χ0n) is 11.2. The largest absolute Gasteiger partial charge is 0.494 e. The monoisotopic (exact) mass is 265 g/mol. The zero-order valence-corrected chi connectivity index (χ0v) is 11.2. The molecular formula is C16H15N3O. The lowest BCUT2D eigenvalue weighted by Crippen LogP contribution is -1.97. The Labute approximate surface area is 117 Å². The maximum Gasteiger partial charge on any atom is 0.168 e. The first-order chi connectivity index (χ1) is 9.88. The van der Waals surface area contributed by atoms with E-state index >= 15 is 0 Å². The van der Waals surface area contributed by atoms with Crippen LogP contribution in [0.25, 0.3) is 17.1 Å². The molecule has 0 N–H and O–H groups in total. The minimum absolute atomic E-state index is 0.668. The van der Waals surface area contributed by atoms with Crippen LogP contribution in [0.4, 0.5) is 0 Å². The summed E-state index contributed by atoms with van der Waals surface area (Å²) in [6, 6.07) is 17.9. The predicted octanol–water partition coefficient (Wildman–Crippen LogP) is 3.33. The SMILES string of the molecule is CCOc1ccc(-n2cnnc2-c2ccccc2)cc1. The van der Waals surface area contributed by atoms with Crippen molar-refractivity contribution in [3.05, 3.63) is 60.9 Å². The van der Waals surface area contributed by atoms with E-state index in [4.69, 9.17) is 4.74 Å². The number of rotatable bonds is 4. The Morgan fingerprint density at radius 2 is 1.75 bits per heavy atom. The van der Waals surface area contributed by atoms with Gasteiger partial charge in [0.25, 0.3) is 0 Å². The molecule has 3 rings (SSSR count). The maximum atomic E-state index is 5.45. The summed E-state index contributed by atoms with van der Waals surface area (Å²) in [7, 11) is 0. The lowest BCUT2D eigenvalue weighted by atomic mass is 10.2. The summed E-state index contributed by atoms with van der Waals surface area (Å²) >= 11 is 0. The molecule has 0 atom stereocenters. The standard InChI is InChI=1S/C16H15N3O/c1-2-20-15-10-8-14(9-11-15)19-12-17-18-16(19)13-6-4-3-5-7-13/h3-12H,2H2,1H3. The van der Waals surface area contributed by atoms with Gasteiger partial charge in [0.05, 0.1) is 6.61 Å². The van der Waals surface area contributed by atoms with E-state index < -0.39 is 0 Å². The number of hydrogen-bond acceptors (Lipinski definition) is 3. The Bertz CT molecular complexity index is 674. The molecule has 0 radical (unpaired) electrons. The molecule has 2 aromatic carbocycles. The molecule has 100 valence electrons. The van der Waals surface area contributed by atoms with Crippen LogP contribution in [0.1, 0.15) is 6.92 Å². The number of benzene rings is 2. The topological polar surface area (TPSA) is 39.9 Å². The second kappa shape index (κ2) is 5.57. The lowest BCUT2D eigenvalue weighted by molar-refractivity contribution is 0.340. The van der Waals surface area contributed by atoms with Crippen molar-refractivity contribution in [1.29, 1.82) is 0 Å². The molecule has 20 heavy (non-hydrogen) atoms. The van der Waals surface area contributed by atoms with Crippen LogP contribution in [0.3, 0.4) is 0 Å². The molecule has 0 spiro atoms. The van der Waals surface area contributed by atoms with Gasteiger partial charge in [-0.3, -0.25) is 4.57 Å². The normalized spacial score (nSPS) is 10.4. The van der Waals surface area contributed by atoms with Crippen LogP contribution >= 0.6 is 0 Å². The fraction of sp³-hybridized carbons (Fsp3) is 0.125. The van der Waals surface area contributed by atoms with Gasteiger partial charge in [-0.15, -0.1) is 10.2 Å². The third-order valence-electron chi connectivity index (χ3n) is 3.01. The van der Waals surface area contributed by atoms with E-state index in [2.05, 4.69) is 10.2 Å². The first-order valence-electron chi connectivity index (χ1n) is 6.57. The van der Waals surface area contributed by atoms with Gasteiger partial charge >= 0.3 is 0 Å². The molecule has 0 unspecified atom stereocenters. The highest BCUT2D eigenvalue weighted by Gasteiger charge is 2.08. The fourth-order valence-electron chi connectivity index (χ4n) is 2.08. The van der Waals surface area contributed by atoms with Gasteiger partial charge in [-0.05, 0) is 31.2 Å². The van der Waals surface area contributed by atoms with Crippen LogP contribution in [0.5, 0.6) is 5.75 Å². The number of nitrogens with zero attached hydrogens (tertiary/aromatic N) is 3. The summed E-state index contributed by atoms with van der Waals surface area (Å²) in [6.45, 7) is 2.64. The third-order valence-corrected chi connectivity index (χ3v) is 3.01. The fourth-order valence-corrected chi connectivity index (χ4v) is 2.08. The van der Waals surface area contributed by atoms with E-state index in [1.165, 1.54) is 0 Å². The average molecular weight is 265 g/mol. The maximum absolute atomic E-state index is 5.45. The highest BCUT2D eigenvalue weighted by atomic mass is 16.5. The van der Waals surface area contributed by atoms with E-state index in [1.54, 1.807) is 6.33 Å². The van der Waals surface area contributed by atoms with E-state index in [9.17, 15) is 0 Å².